The Kier molecular flexibility index (Phi) is 3.30. The number of amides is 1. The van der Waals surface area contributed by atoms with Crippen LogP contribution in [0.1, 0.15) is 16.9 Å². The molecular weight excluding hydrogens is 311 g/mol. The van der Waals surface area contributed by atoms with E-state index >= 15 is 0 Å². The number of fused-ring (bicyclic) bond motifs is 1. The molecule has 1 aliphatic rings. The van der Waals surface area contributed by atoms with Crippen molar-refractivity contribution in [1.82, 2.24) is 25.1 Å². The fourth-order valence-corrected chi connectivity index (χ4v) is 2.64. The van der Waals surface area contributed by atoms with Crippen molar-refractivity contribution in [3.05, 3.63) is 42.1 Å². The van der Waals surface area contributed by atoms with Gasteiger partial charge in [0.1, 0.15) is 11.3 Å². The number of rotatable bonds is 2. The average Bonchev–Trinajstić information content (AvgIpc) is 2.54. The summed E-state index contributed by atoms with van der Waals surface area (Å²) in [5, 5.41) is 8.45. The molecule has 0 atom stereocenters. The molecule has 3 heterocycles. The van der Waals surface area contributed by atoms with E-state index in [4.69, 9.17) is 5.73 Å². The fraction of sp³-hybridized carbons (Fsp3) is 0.188. The Morgan fingerprint density at radius 3 is 2.58 bits per heavy atom. The molecule has 3 aromatic rings. The van der Waals surface area contributed by atoms with Gasteiger partial charge in [-0.05, 0) is 24.6 Å². The maximum Gasteiger partial charge on any atom is 0.276 e. The van der Waals surface area contributed by atoms with Gasteiger partial charge in [0.25, 0.3) is 5.91 Å². The number of hydrogen-bond acceptors (Lipinski definition) is 6. The minimum absolute atomic E-state index is 0.0914. The highest BCUT2D eigenvalue weighted by Crippen LogP contribution is 2.31. The smallest absolute Gasteiger partial charge is 0.276 e. The summed E-state index contributed by atoms with van der Waals surface area (Å²) in [6.07, 6.45) is 3.99. The van der Waals surface area contributed by atoms with Crippen LogP contribution in [0.25, 0.3) is 22.3 Å². The zero-order valence-corrected chi connectivity index (χ0v) is 12.6. The van der Waals surface area contributed by atoms with E-state index in [9.17, 15) is 9.18 Å². The van der Waals surface area contributed by atoms with Gasteiger partial charge in [0.05, 0.1) is 11.3 Å². The summed E-state index contributed by atoms with van der Waals surface area (Å²) in [5.74, 6) is -0.588. The first kappa shape index (κ1) is 14.4. The monoisotopic (exact) mass is 324 g/mol. The largest absolute Gasteiger partial charge is 0.396 e. The number of nitrogens with zero attached hydrogens (tertiary/aromatic N) is 5. The lowest BCUT2D eigenvalue weighted by atomic mass is 10.1. The molecule has 0 bridgehead atoms. The van der Waals surface area contributed by atoms with Crippen LogP contribution in [-0.4, -0.2) is 44.1 Å². The quantitative estimate of drug-likeness (QED) is 0.770. The molecule has 0 aliphatic carbocycles. The molecule has 1 aliphatic heterocycles. The molecule has 8 heteroatoms. The second-order valence-corrected chi connectivity index (χ2v) is 5.50. The summed E-state index contributed by atoms with van der Waals surface area (Å²) >= 11 is 0. The van der Waals surface area contributed by atoms with Crippen molar-refractivity contribution in [1.29, 1.82) is 0 Å². The second-order valence-electron chi connectivity index (χ2n) is 5.50. The molecule has 0 spiro atoms. The number of carbonyl (C=O) groups excluding carboxylic acids is 1. The van der Waals surface area contributed by atoms with Gasteiger partial charge in [-0.15, -0.1) is 10.2 Å². The number of halogens is 1. The lowest BCUT2D eigenvalue weighted by molar-refractivity contribution is 0.0646. The first-order chi connectivity index (χ1) is 11.7. The molecular formula is C16H13FN6O. The average molecular weight is 324 g/mol. The summed E-state index contributed by atoms with van der Waals surface area (Å²) in [6.45, 7) is 1.37. The lowest BCUT2D eigenvalue weighted by Crippen LogP contribution is -2.42. The van der Waals surface area contributed by atoms with Crippen molar-refractivity contribution in [3.8, 4) is 11.4 Å². The van der Waals surface area contributed by atoms with Crippen LogP contribution in [0.5, 0.6) is 0 Å². The minimum atomic E-state index is -0.524. The summed E-state index contributed by atoms with van der Waals surface area (Å²) in [4.78, 5) is 22.1. The highest BCUT2D eigenvalue weighted by atomic mass is 19.1. The van der Waals surface area contributed by atoms with Crippen molar-refractivity contribution in [2.75, 3.05) is 18.8 Å². The first-order valence-corrected chi connectivity index (χ1v) is 7.48. The van der Waals surface area contributed by atoms with Gasteiger partial charge in [0, 0.05) is 30.9 Å². The molecule has 1 saturated heterocycles. The van der Waals surface area contributed by atoms with E-state index in [1.807, 2.05) is 0 Å². The van der Waals surface area contributed by atoms with Crippen molar-refractivity contribution in [2.45, 2.75) is 6.42 Å². The SMILES string of the molecule is Nc1c(C(=O)N2CCC2)nnc2c(-c3ncccn3)c(F)ccc12. The van der Waals surface area contributed by atoms with Crippen LogP contribution in [0, 0.1) is 5.82 Å². The highest BCUT2D eigenvalue weighted by Gasteiger charge is 2.27. The van der Waals surface area contributed by atoms with Gasteiger partial charge >= 0.3 is 0 Å². The van der Waals surface area contributed by atoms with Gasteiger partial charge in [0.2, 0.25) is 0 Å². The van der Waals surface area contributed by atoms with E-state index in [-0.39, 0.29) is 34.2 Å². The Labute approximate surface area is 136 Å². The highest BCUT2D eigenvalue weighted by molar-refractivity contribution is 6.07. The van der Waals surface area contributed by atoms with E-state index in [1.165, 1.54) is 24.5 Å². The van der Waals surface area contributed by atoms with E-state index in [1.54, 1.807) is 11.0 Å². The van der Waals surface area contributed by atoms with Crippen LogP contribution in [-0.2, 0) is 0 Å². The minimum Gasteiger partial charge on any atom is -0.396 e. The molecule has 1 amide bonds. The summed E-state index contributed by atoms with van der Waals surface area (Å²) in [5.41, 5.74) is 6.76. The number of likely N-dealkylation sites (tertiary alicyclic amines) is 1. The van der Waals surface area contributed by atoms with Crippen molar-refractivity contribution in [2.24, 2.45) is 0 Å². The van der Waals surface area contributed by atoms with Crippen LogP contribution in [0.3, 0.4) is 0 Å². The Bertz CT molecular complexity index is 942. The third-order valence-corrected chi connectivity index (χ3v) is 4.06. The Hall–Kier alpha value is -3.16. The number of nitrogens with two attached hydrogens (primary N) is 1. The van der Waals surface area contributed by atoms with E-state index in [2.05, 4.69) is 20.2 Å². The van der Waals surface area contributed by atoms with Crippen LogP contribution in [0.4, 0.5) is 10.1 Å². The number of benzene rings is 1. The number of anilines is 1. The fourth-order valence-electron chi connectivity index (χ4n) is 2.64. The number of carbonyl (C=O) groups is 1. The third kappa shape index (κ3) is 2.15. The van der Waals surface area contributed by atoms with Gasteiger partial charge in [-0.2, -0.15) is 0 Å². The molecule has 0 saturated carbocycles. The second kappa shape index (κ2) is 5.48. The number of nitrogen functional groups attached to an aromatic ring is 1. The Balaban J connectivity index is 1.91. The predicted octanol–water partition coefficient (Wildman–Crippen LogP) is 1.65. The molecule has 7 nitrogen and oxygen atoms in total. The van der Waals surface area contributed by atoms with Gasteiger partial charge in [-0.25, -0.2) is 14.4 Å². The number of hydrogen-bond donors (Lipinski definition) is 1. The van der Waals surface area contributed by atoms with Gasteiger partial charge < -0.3 is 10.6 Å². The van der Waals surface area contributed by atoms with Crippen LogP contribution < -0.4 is 5.73 Å². The summed E-state index contributed by atoms with van der Waals surface area (Å²) in [7, 11) is 0. The van der Waals surface area contributed by atoms with Crippen molar-refractivity contribution < 1.29 is 9.18 Å². The van der Waals surface area contributed by atoms with E-state index in [0.29, 0.717) is 18.5 Å². The van der Waals surface area contributed by atoms with Crippen LogP contribution in [0.15, 0.2) is 30.6 Å². The zero-order chi connectivity index (χ0) is 16.7. The normalized spacial score (nSPS) is 13.8. The standard InChI is InChI=1S/C16H13FN6O/c17-10-4-3-9-12(18)14(16(24)23-7-2-8-23)22-21-13(9)11(10)15-19-5-1-6-20-15/h1,3-6H,2,7-8H2,(H2,18,21). The summed E-state index contributed by atoms with van der Waals surface area (Å²) < 4.78 is 14.3. The number of aromatic nitrogens is 4. The zero-order valence-electron chi connectivity index (χ0n) is 12.6. The molecule has 24 heavy (non-hydrogen) atoms. The van der Waals surface area contributed by atoms with E-state index in [0.717, 1.165) is 6.42 Å². The molecule has 1 aromatic carbocycles. The van der Waals surface area contributed by atoms with Crippen LogP contribution in [0.2, 0.25) is 0 Å². The Morgan fingerprint density at radius 2 is 1.92 bits per heavy atom. The van der Waals surface area contributed by atoms with Crippen molar-refractivity contribution >= 4 is 22.5 Å². The molecule has 1 fully saturated rings. The van der Waals surface area contributed by atoms with Gasteiger partial charge in [0.15, 0.2) is 11.5 Å². The summed E-state index contributed by atoms with van der Waals surface area (Å²) in [6, 6.07) is 4.40. The predicted molar refractivity (Wildman–Crippen MR) is 85.5 cm³/mol. The van der Waals surface area contributed by atoms with Crippen LogP contribution >= 0.6 is 0 Å². The van der Waals surface area contributed by atoms with Crippen molar-refractivity contribution in [3.63, 3.8) is 0 Å². The lowest BCUT2D eigenvalue weighted by Gasteiger charge is -2.30. The maximum absolute atomic E-state index is 14.3. The maximum atomic E-state index is 14.3. The molecule has 2 aromatic heterocycles. The molecule has 4 rings (SSSR count). The Morgan fingerprint density at radius 1 is 1.17 bits per heavy atom. The first-order valence-electron chi connectivity index (χ1n) is 7.48. The van der Waals surface area contributed by atoms with Gasteiger partial charge in [-0.1, -0.05) is 0 Å². The topological polar surface area (TPSA) is 97.9 Å². The molecule has 0 unspecified atom stereocenters. The van der Waals surface area contributed by atoms with Gasteiger partial charge in [-0.3, -0.25) is 4.79 Å². The van der Waals surface area contributed by atoms with E-state index < -0.39 is 5.82 Å². The molecule has 2 N–H and O–H groups in total. The molecule has 120 valence electrons. The molecule has 0 radical (unpaired) electrons. The third-order valence-electron chi connectivity index (χ3n) is 4.06.